The Balaban J connectivity index is 2.51. The molecule has 4 heteroatoms. The molecule has 0 unspecified atom stereocenters. The number of nitrogens with zero attached hydrogens (tertiary/aromatic N) is 2. The maximum atomic E-state index is 9.56. The van der Waals surface area contributed by atoms with Crippen LogP contribution in [0.4, 0.5) is 0 Å². The topological polar surface area (TPSA) is 53.8 Å². The van der Waals surface area contributed by atoms with E-state index < -0.39 is 0 Å². The fourth-order valence-corrected chi connectivity index (χ4v) is 0.447. The standard InChI is InChI=1S/C3H5N3O/c7-6-3-4-1-2-5-3/h1-2H2,(H,4,5). The minimum atomic E-state index is 0.236. The predicted molar refractivity (Wildman–Crippen MR) is 26.1 cm³/mol. The quantitative estimate of drug-likeness (QED) is 0.424. The van der Waals surface area contributed by atoms with Crippen LogP contribution in [0, 0.1) is 4.91 Å². The Kier molecular flexibility index (Phi) is 1.02. The zero-order chi connectivity index (χ0) is 5.11. The number of nitrogens with one attached hydrogen (secondary N) is 1. The van der Waals surface area contributed by atoms with Crippen molar-refractivity contribution in [3.05, 3.63) is 4.91 Å². The highest BCUT2D eigenvalue weighted by atomic mass is 16.3. The first-order chi connectivity index (χ1) is 3.43. The maximum absolute atomic E-state index is 9.56. The Hall–Kier alpha value is -0.930. The Labute approximate surface area is 40.6 Å². The van der Waals surface area contributed by atoms with Gasteiger partial charge in [-0.15, -0.1) is 4.91 Å². The number of rotatable bonds is 0. The van der Waals surface area contributed by atoms with Gasteiger partial charge >= 0.3 is 0 Å². The number of hydrogen-bond acceptors (Lipinski definition) is 4. The first-order valence-electron chi connectivity index (χ1n) is 2.05. The minimum Gasteiger partial charge on any atom is -0.350 e. The molecule has 0 aliphatic carbocycles. The van der Waals surface area contributed by atoms with Crippen molar-refractivity contribution in [1.82, 2.24) is 5.32 Å². The zero-order valence-electron chi connectivity index (χ0n) is 3.72. The van der Waals surface area contributed by atoms with Crippen molar-refractivity contribution in [2.45, 2.75) is 0 Å². The van der Waals surface area contributed by atoms with Crippen molar-refractivity contribution in [1.29, 1.82) is 0 Å². The van der Waals surface area contributed by atoms with E-state index in [2.05, 4.69) is 15.5 Å². The predicted octanol–water partition coefficient (Wildman–Crippen LogP) is -0.288. The largest absolute Gasteiger partial charge is 0.350 e. The Morgan fingerprint density at radius 3 is 3.00 bits per heavy atom. The third-order valence-corrected chi connectivity index (χ3v) is 0.743. The Bertz CT molecular complexity index is 109. The van der Waals surface area contributed by atoms with Gasteiger partial charge in [-0.3, -0.25) is 0 Å². The first kappa shape index (κ1) is 4.23. The van der Waals surface area contributed by atoms with E-state index in [1.807, 2.05) is 0 Å². The van der Waals surface area contributed by atoms with Gasteiger partial charge in [-0.1, -0.05) is 0 Å². The molecule has 0 radical (unpaired) electrons. The van der Waals surface area contributed by atoms with Gasteiger partial charge in [-0.25, -0.2) is 4.99 Å². The lowest BCUT2D eigenvalue weighted by atomic mass is 10.7. The van der Waals surface area contributed by atoms with Crippen LogP contribution in [0.25, 0.3) is 0 Å². The summed E-state index contributed by atoms with van der Waals surface area (Å²) >= 11 is 0. The monoisotopic (exact) mass is 99.0 g/mol. The molecule has 1 N–H and O–H groups in total. The molecule has 4 nitrogen and oxygen atoms in total. The van der Waals surface area contributed by atoms with Gasteiger partial charge in [0, 0.05) is 11.7 Å². The van der Waals surface area contributed by atoms with Gasteiger partial charge in [-0.2, -0.15) is 0 Å². The van der Waals surface area contributed by atoms with Gasteiger partial charge in [0.1, 0.15) is 0 Å². The van der Waals surface area contributed by atoms with Gasteiger partial charge in [0.2, 0.25) is 0 Å². The van der Waals surface area contributed by atoms with Gasteiger partial charge in [0.25, 0.3) is 5.96 Å². The third kappa shape index (κ3) is 0.734. The highest BCUT2D eigenvalue weighted by Crippen LogP contribution is 1.82. The fourth-order valence-electron chi connectivity index (χ4n) is 0.447. The molecular weight excluding hydrogens is 94.1 g/mol. The fraction of sp³-hybridized carbons (Fsp3) is 0.667. The van der Waals surface area contributed by atoms with Crippen molar-refractivity contribution >= 4 is 5.96 Å². The lowest BCUT2D eigenvalue weighted by Crippen LogP contribution is -2.15. The van der Waals surface area contributed by atoms with Crippen LogP contribution in [-0.4, -0.2) is 19.0 Å². The molecule has 0 spiro atoms. The molecule has 0 saturated carbocycles. The van der Waals surface area contributed by atoms with Crippen LogP contribution in [0.1, 0.15) is 0 Å². The molecule has 1 aliphatic rings. The van der Waals surface area contributed by atoms with Crippen LogP contribution in [0.15, 0.2) is 10.2 Å². The summed E-state index contributed by atoms with van der Waals surface area (Å²) in [6.07, 6.45) is 0. The van der Waals surface area contributed by atoms with E-state index in [0.29, 0.717) is 6.54 Å². The normalized spacial score (nSPS) is 18.0. The molecular formula is C3H5N3O. The molecule has 1 aliphatic heterocycles. The number of hydrogen-bond donors (Lipinski definition) is 1. The molecule has 0 amide bonds. The summed E-state index contributed by atoms with van der Waals surface area (Å²) in [4.78, 5) is 13.2. The highest BCUT2D eigenvalue weighted by molar-refractivity contribution is 5.81. The summed E-state index contributed by atoms with van der Waals surface area (Å²) in [6.45, 7) is 1.43. The van der Waals surface area contributed by atoms with E-state index in [4.69, 9.17) is 0 Å². The lowest BCUT2D eigenvalue weighted by Gasteiger charge is -1.82. The van der Waals surface area contributed by atoms with E-state index in [1.54, 1.807) is 0 Å². The number of guanidine groups is 1. The SMILES string of the molecule is O=NC1=NCCN1. The summed E-state index contributed by atoms with van der Waals surface area (Å²) in [5.74, 6) is 0.236. The average molecular weight is 99.1 g/mol. The molecule has 0 aromatic carbocycles. The van der Waals surface area contributed by atoms with Crippen LogP contribution >= 0.6 is 0 Å². The first-order valence-corrected chi connectivity index (χ1v) is 2.05. The van der Waals surface area contributed by atoms with Crippen LogP contribution < -0.4 is 5.32 Å². The molecule has 0 atom stereocenters. The summed E-state index contributed by atoms with van der Waals surface area (Å²) in [6, 6.07) is 0. The van der Waals surface area contributed by atoms with Crippen LogP contribution in [0.3, 0.4) is 0 Å². The molecule has 1 heterocycles. The van der Waals surface area contributed by atoms with E-state index >= 15 is 0 Å². The van der Waals surface area contributed by atoms with E-state index in [0.717, 1.165) is 6.54 Å². The molecule has 0 saturated heterocycles. The number of aliphatic imine (C=N–C) groups is 1. The van der Waals surface area contributed by atoms with E-state index in [1.165, 1.54) is 0 Å². The van der Waals surface area contributed by atoms with Crippen LogP contribution in [0.5, 0.6) is 0 Å². The second kappa shape index (κ2) is 1.68. The number of nitroso groups, excluding NO2 is 1. The minimum absolute atomic E-state index is 0.236. The molecule has 7 heavy (non-hydrogen) atoms. The highest BCUT2D eigenvalue weighted by Gasteiger charge is 2.01. The summed E-state index contributed by atoms with van der Waals surface area (Å²) in [7, 11) is 0. The average Bonchev–Trinajstić information content (AvgIpc) is 2.14. The zero-order valence-corrected chi connectivity index (χ0v) is 3.72. The molecule has 38 valence electrons. The van der Waals surface area contributed by atoms with Crippen molar-refractivity contribution in [2.75, 3.05) is 13.1 Å². The van der Waals surface area contributed by atoms with Crippen LogP contribution in [-0.2, 0) is 0 Å². The second-order valence-electron chi connectivity index (χ2n) is 1.22. The molecule has 0 aromatic heterocycles. The lowest BCUT2D eigenvalue weighted by molar-refractivity contribution is 0.956. The van der Waals surface area contributed by atoms with Crippen molar-refractivity contribution in [3.63, 3.8) is 0 Å². The van der Waals surface area contributed by atoms with Crippen LogP contribution in [0.2, 0.25) is 0 Å². The maximum Gasteiger partial charge on any atom is 0.260 e. The summed E-state index contributed by atoms with van der Waals surface area (Å²) < 4.78 is 0. The molecule has 0 aromatic rings. The molecule has 0 bridgehead atoms. The second-order valence-corrected chi connectivity index (χ2v) is 1.22. The van der Waals surface area contributed by atoms with Crippen molar-refractivity contribution in [2.24, 2.45) is 10.2 Å². The van der Waals surface area contributed by atoms with E-state index in [9.17, 15) is 4.91 Å². The molecule has 1 rings (SSSR count). The summed E-state index contributed by atoms with van der Waals surface area (Å²) in [5.41, 5.74) is 0. The van der Waals surface area contributed by atoms with Crippen molar-refractivity contribution < 1.29 is 0 Å². The Morgan fingerprint density at radius 1 is 1.86 bits per heavy atom. The van der Waals surface area contributed by atoms with E-state index in [-0.39, 0.29) is 5.96 Å². The molecule has 0 fully saturated rings. The summed E-state index contributed by atoms with van der Waals surface area (Å²) in [5, 5.41) is 5.25. The van der Waals surface area contributed by atoms with Gasteiger partial charge in [-0.05, 0) is 0 Å². The van der Waals surface area contributed by atoms with Crippen molar-refractivity contribution in [3.8, 4) is 0 Å². The third-order valence-electron chi connectivity index (χ3n) is 0.743. The van der Waals surface area contributed by atoms with Gasteiger partial charge < -0.3 is 5.32 Å². The van der Waals surface area contributed by atoms with Gasteiger partial charge in [0.05, 0.1) is 6.54 Å². The van der Waals surface area contributed by atoms with Gasteiger partial charge in [0.15, 0.2) is 0 Å². The smallest absolute Gasteiger partial charge is 0.260 e. The Morgan fingerprint density at radius 2 is 2.71 bits per heavy atom.